The minimum absolute atomic E-state index is 0. The molecule has 1 radical (unpaired) electrons. The van der Waals surface area contributed by atoms with Crippen LogP contribution in [0.2, 0.25) is 0 Å². The molecule has 125 valence electrons. The van der Waals surface area contributed by atoms with Crippen LogP contribution in [0.3, 0.4) is 0 Å². The van der Waals surface area contributed by atoms with Crippen molar-refractivity contribution in [3.8, 4) is 23.0 Å². The van der Waals surface area contributed by atoms with Crippen molar-refractivity contribution in [1.82, 2.24) is 0 Å². The quantitative estimate of drug-likeness (QED) is 0.550. The number of hydrogen-bond donors (Lipinski definition) is 4. The minimum Gasteiger partial charge on any atom is -0.869 e. The summed E-state index contributed by atoms with van der Waals surface area (Å²) in [5.74, 6) is -5.42. The molecule has 9 heteroatoms. The van der Waals surface area contributed by atoms with E-state index in [1.807, 2.05) is 0 Å². The smallest absolute Gasteiger partial charge is 0.869 e. The molecule has 0 heterocycles. The minimum atomic E-state index is -1.33. The Bertz CT molecular complexity index is 652. The van der Waals surface area contributed by atoms with E-state index in [1.54, 1.807) is 0 Å². The maximum absolute atomic E-state index is 10.8. The number of phenols is 2. The van der Waals surface area contributed by atoms with Gasteiger partial charge in [-0.1, -0.05) is 23.6 Å². The van der Waals surface area contributed by atoms with E-state index in [0.717, 1.165) is 24.3 Å². The molecule has 0 aliphatic rings. The molecule has 23 heavy (non-hydrogen) atoms. The van der Waals surface area contributed by atoms with Gasteiger partial charge in [-0.25, -0.2) is 9.59 Å². The molecule has 8 nitrogen and oxygen atoms in total. The van der Waals surface area contributed by atoms with Crippen LogP contribution in [0.5, 0.6) is 23.0 Å². The maximum atomic E-state index is 10.8. The molecule has 0 saturated heterocycles. The number of carboxylic acid groups (broad SMARTS) is 2. The number of hydrogen-bond acceptors (Lipinski definition) is 6. The summed E-state index contributed by atoms with van der Waals surface area (Å²) < 4.78 is 0. The van der Waals surface area contributed by atoms with E-state index in [4.69, 9.17) is 20.4 Å². The van der Waals surface area contributed by atoms with Crippen molar-refractivity contribution in [3.05, 3.63) is 47.5 Å². The fourth-order valence-corrected chi connectivity index (χ4v) is 1.39. The maximum Gasteiger partial charge on any atom is 2.00 e. The molecule has 4 N–H and O–H groups in total. The van der Waals surface area contributed by atoms with Gasteiger partial charge in [-0.3, -0.25) is 0 Å². The van der Waals surface area contributed by atoms with E-state index >= 15 is 0 Å². The molecular formula is C14H10CuO8. The number of para-hydroxylation sites is 2. The topological polar surface area (TPSA) is 161 Å². The Balaban J connectivity index is 0.000000403. The van der Waals surface area contributed by atoms with Crippen LogP contribution in [0.25, 0.3) is 0 Å². The van der Waals surface area contributed by atoms with E-state index in [2.05, 4.69) is 0 Å². The van der Waals surface area contributed by atoms with Crippen molar-refractivity contribution in [2.45, 2.75) is 0 Å². The number of carboxylic acids is 2. The zero-order valence-electron chi connectivity index (χ0n) is 11.2. The number of rotatable bonds is 2. The van der Waals surface area contributed by atoms with E-state index in [0.29, 0.717) is 0 Å². The molecule has 0 bridgehead atoms. The summed E-state index contributed by atoms with van der Waals surface area (Å²) in [6.07, 6.45) is 0. The molecule has 2 rings (SSSR count). The number of benzene rings is 2. The Hall–Kier alpha value is -2.90. The van der Waals surface area contributed by atoms with Gasteiger partial charge in [-0.2, -0.15) is 0 Å². The zero-order valence-corrected chi connectivity index (χ0v) is 12.1. The third kappa shape index (κ3) is 5.10. The van der Waals surface area contributed by atoms with Crippen LogP contribution < -0.4 is 10.2 Å². The fraction of sp³-hybridized carbons (Fsp3) is 0. The molecule has 0 saturated carbocycles. The number of aromatic hydroxyl groups is 2. The first kappa shape index (κ1) is 20.1. The van der Waals surface area contributed by atoms with Crippen LogP contribution in [-0.4, -0.2) is 32.4 Å². The standard InChI is InChI=1S/2C7H6O4.Cu/c2*8-5-3-1-2-4(6(5)9)7(10)11;/h2*1-3,8-9H,(H,10,11);/q;;+2/p-2. The average Bonchev–Trinajstić information content (AvgIpc) is 2.45. The Labute approximate surface area is 140 Å². The first-order valence-electron chi connectivity index (χ1n) is 5.70. The van der Waals surface area contributed by atoms with Gasteiger partial charge in [0.15, 0.2) is 0 Å². The average molecular weight is 370 g/mol. The Morgan fingerprint density at radius 2 is 1.04 bits per heavy atom. The molecule has 0 amide bonds. The van der Waals surface area contributed by atoms with Crippen LogP contribution in [0.4, 0.5) is 0 Å². The van der Waals surface area contributed by atoms with E-state index in [1.165, 1.54) is 12.1 Å². The fourth-order valence-electron chi connectivity index (χ4n) is 1.39. The number of phenolic OH excluding ortho intramolecular Hbond substituents is 2. The largest absolute Gasteiger partial charge is 2.00 e. The Kier molecular flexibility index (Phi) is 7.45. The number of aromatic carboxylic acids is 2. The van der Waals surface area contributed by atoms with Gasteiger partial charge in [-0.05, 0) is 24.3 Å². The first-order chi connectivity index (χ1) is 10.3. The van der Waals surface area contributed by atoms with Gasteiger partial charge < -0.3 is 30.6 Å². The molecule has 0 unspecified atom stereocenters. The second kappa shape index (κ2) is 8.52. The predicted molar refractivity (Wildman–Crippen MR) is 69.0 cm³/mol. The third-order valence-electron chi connectivity index (χ3n) is 2.45. The van der Waals surface area contributed by atoms with Gasteiger partial charge in [0.25, 0.3) is 0 Å². The Morgan fingerprint density at radius 3 is 1.26 bits per heavy atom. The van der Waals surface area contributed by atoms with Crippen molar-refractivity contribution in [2.75, 3.05) is 0 Å². The van der Waals surface area contributed by atoms with Gasteiger partial charge in [0, 0.05) is 0 Å². The van der Waals surface area contributed by atoms with Gasteiger partial charge in [-0.15, -0.1) is 0 Å². The predicted octanol–water partition coefficient (Wildman–Crippen LogP) is 0.325. The van der Waals surface area contributed by atoms with Gasteiger partial charge in [0.2, 0.25) is 0 Å². The molecule has 0 fully saturated rings. The summed E-state index contributed by atoms with van der Waals surface area (Å²) in [6.45, 7) is 0. The molecule has 2 aromatic rings. The summed E-state index contributed by atoms with van der Waals surface area (Å²) in [7, 11) is 0. The van der Waals surface area contributed by atoms with Crippen LogP contribution in [-0.2, 0) is 17.1 Å². The van der Waals surface area contributed by atoms with Gasteiger partial charge >= 0.3 is 29.0 Å². The second-order valence-corrected chi connectivity index (χ2v) is 3.92. The Morgan fingerprint density at radius 1 is 0.739 bits per heavy atom. The first-order valence-corrected chi connectivity index (χ1v) is 5.70. The SMILES string of the molecule is O=C(O)c1cccc(O)c1[O-].O=C(O)c1cccc(O)c1[O-].[Cu+2]. The van der Waals surface area contributed by atoms with Gasteiger partial charge in [0.05, 0.1) is 11.1 Å². The molecule has 2 aromatic carbocycles. The molecule has 0 aliphatic heterocycles. The van der Waals surface area contributed by atoms with Crippen molar-refractivity contribution >= 4 is 11.9 Å². The second-order valence-electron chi connectivity index (χ2n) is 3.92. The summed E-state index contributed by atoms with van der Waals surface area (Å²) >= 11 is 0. The molecule has 0 aromatic heterocycles. The number of carbonyl (C=O) groups is 2. The molecule has 0 aliphatic carbocycles. The monoisotopic (exact) mass is 369 g/mol. The van der Waals surface area contributed by atoms with Crippen molar-refractivity contribution in [2.24, 2.45) is 0 Å². The van der Waals surface area contributed by atoms with Crippen LogP contribution >= 0.6 is 0 Å². The van der Waals surface area contributed by atoms with Crippen molar-refractivity contribution < 1.29 is 57.3 Å². The van der Waals surface area contributed by atoms with Crippen LogP contribution in [0.1, 0.15) is 20.7 Å². The molecule has 0 atom stereocenters. The normalized spacial score (nSPS) is 9.04. The van der Waals surface area contributed by atoms with E-state index < -0.39 is 46.1 Å². The van der Waals surface area contributed by atoms with Crippen LogP contribution in [0, 0.1) is 0 Å². The third-order valence-corrected chi connectivity index (χ3v) is 2.45. The van der Waals surface area contributed by atoms with Gasteiger partial charge in [0.1, 0.15) is 11.5 Å². The summed E-state index contributed by atoms with van der Waals surface area (Å²) in [6, 6.07) is 7.19. The summed E-state index contributed by atoms with van der Waals surface area (Å²) in [4.78, 5) is 20.5. The van der Waals surface area contributed by atoms with Crippen molar-refractivity contribution in [3.63, 3.8) is 0 Å². The summed E-state index contributed by atoms with van der Waals surface area (Å²) in [5.41, 5.74) is -0.824. The van der Waals surface area contributed by atoms with Crippen LogP contribution in [0.15, 0.2) is 36.4 Å². The summed E-state index contributed by atoms with van der Waals surface area (Å²) in [5, 5.41) is 55.9. The van der Waals surface area contributed by atoms with E-state index in [-0.39, 0.29) is 17.1 Å². The molecule has 0 spiro atoms. The van der Waals surface area contributed by atoms with Crippen molar-refractivity contribution in [1.29, 1.82) is 0 Å². The zero-order chi connectivity index (χ0) is 16.9. The molecular weight excluding hydrogens is 360 g/mol. The van der Waals surface area contributed by atoms with E-state index in [9.17, 15) is 19.8 Å².